The zero-order valence-corrected chi connectivity index (χ0v) is 4.07. The molecule has 0 heterocycles. The molecule has 0 amide bonds. The van der Waals surface area contributed by atoms with Crippen molar-refractivity contribution in [3.8, 4) is 0 Å². The first-order chi connectivity index (χ1) is 2.00. The van der Waals surface area contributed by atoms with E-state index in [2.05, 4.69) is 0 Å². The summed E-state index contributed by atoms with van der Waals surface area (Å²) in [4.78, 5) is 0. The molecule has 0 bridgehead atoms. The summed E-state index contributed by atoms with van der Waals surface area (Å²) < 4.78 is 30.7. The molecule has 0 saturated carbocycles. The molecule has 0 radical (unpaired) electrons. The van der Waals surface area contributed by atoms with Gasteiger partial charge in [0.2, 0.25) is 0 Å². The van der Waals surface area contributed by atoms with Gasteiger partial charge in [-0.1, -0.05) is 7.43 Å². The topological polar surface area (TPSA) is 77.8 Å². The maximum atomic E-state index is 8.94. The van der Waals surface area contributed by atoms with Crippen molar-refractivity contribution in [2.24, 2.45) is 0 Å². The molecule has 0 aliphatic rings. The molecule has 3 N–H and O–H groups in total. The predicted octanol–water partition coefficient (Wildman–Crippen LogP) is -2.18. The van der Waals surface area contributed by atoms with E-state index in [1.165, 1.54) is 0 Å². The van der Waals surface area contributed by atoms with Gasteiger partial charge in [-0.2, -0.15) is 0 Å². The quantitative estimate of drug-likeness (QED) is 0.372. The van der Waals surface area contributed by atoms with Crippen LogP contribution in [-0.4, -0.2) is 56.4 Å². The van der Waals surface area contributed by atoms with Gasteiger partial charge in [-0.15, -0.1) is 0 Å². The average Bonchev–Trinajstić information content (AvgIpc) is 0.722. The average molecular weight is 182 g/mol. The second-order valence-corrected chi connectivity index (χ2v) is 2.67. The third-order valence-electron chi connectivity index (χ3n) is 0. The molecule has 0 aromatic rings. The Morgan fingerprint density at radius 3 is 1.14 bits per heavy atom. The number of hydrogen-bond donors (Lipinski definition) is 3. The van der Waals surface area contributed by atoms with Crippen molar-refractivity contribution in [2.45, 2.75) is 7.43 Å². The minimum absolute atomic E-state index is 0. The van der Waals surface area contributed by atoms with E-state index >= 15 is 0 Å². The molecule has 0 fully saturated rings. The van der Waals surface area contributed by atoms with Gasteiger partial charge in [0.15, 0.2) is 0 Å². The van der Waals surface area contributed by atoms with E-state index < -0.39 is 14.5 Å². The fourth-order valence-electron chi connectivity index (χ4n) is 0. The predicted molar refractivity (Wildman–Crippen MR) is 27.0 cm³/mol. The van der Waals surface area contributed by atoms with Gasteiger partial charge in [-0.05, 0) is 0 Å². The first-order valence-corrected chi connectivity index (χ1v) is 4.07. The molecule has 0 atom stereocenters. The summed E-state index contributed by atoms with van der Waals surface area (Å²) >= 11 is -5.12. The summed E-state index contributed by atoms with van der Waals surface area (Å²) in [5, 5.41) is 0. The fourth-order valence-corrected chi connectivity index (χ4v) is 0. The first kappa shape index (κ1) is 15.7. The van der Waals surface area contributed by atoms with Crippen molar-refractivity contribution in [3.63, 3.8) is 0 Å². The molecule has 0 aromatic heterocycles. The number of hydrogen-bond acceptors (Lipinski definition) is 1. The molecular weight excluding hydrogens is 174 g/mol. The molecule has 42 valence electrons. The summed E-state index contributed by atoms with van der Waals surface area (Å²) in [6.45, 7) is 0. The Bertz CT molecular complexity index is 57.8. The van der Waals surface area contributed by atoms with Crippen molar-refractivity contribution in [1.29, 1.82) is 0 Å². The van der Waals surface area contributed by atoms with Gasteiger partial charge in [-0.25, -0.2) is 0 Å². The number of rotatable bonds is 0. The summed E-state index contributed by atoms with van der Waals surface area (Å²) in [5.41, 5.74) is 0. The monoisotopic (exact) mass is 182 g/mol. The summed E-state index contributed by atoms with van der Waals surface area (Å²) in [5.74, 6) is 0. The van der Waals surface area contributed by atoms with Crippen LogP contribution in [0, 0.1) is 0 Å². The van der Waals surface area contributed by atoms with Gasteiger partial charge >= 0.3 is 60.1 Å². The van der Waals surface area contributed by atoms with Crippen LogP contribution in [-0.2, 0) is 3.74 Å². The van der Waals surface area contributed by atoms with Crippen LogP contribution in [0.4, 0.5) is 0 Å². The van der Waals surface area contributed by atoms with Crippen LogP contribution in [0.5, 0.6) is 0 Å². The molecule has 0 rings (SSSR count). The second-order valence-electron chi connectivity index (χ2n) is 0.513. The van der Waals surface area contributed by atoms with Crippen LogP contribution in [0.15, 0.2) is 0 Å². The Balaban J connectivity index is -0.0000000800. The molecule has 7 heavy (non-hydrogen) atoms. The van der Waals surface area contributed by atoms with Crippen molar-refractivity contribution in [2.75, 3.05) is 0 Å². The molecule has 0 aliphatic heterocycles. The maximum absolute atomic E-state index is 8.94. The van der Waals surface area contributed by atoms with Crippen molar-refractivity contribution in [3.05, 3.63) is 0 Å². The van der Waals surface area contributed by atoms with E-state index in [0.717, 1.165) is 0 Å². The van der Waals surface area contributed by atoms with E-state index in [-0.39, 0.29) is 37.0 Å². The van der Waals surface area contributed by atoms with Crippen LogP contribution in [0.3, 0.4) is 0 Å². The van der Waals surface area contributed by atoms with Crippen molar-refractivity contribution in [1.82, 2.24) is 0 Å². The molecule has 4 nitrogen and oxygen atoms in total. The summed E-state index contributed by atoms with van der Waals surface area (Å²) in [6, 6.07) is 0. The molecule has 0 spiro atoms. The van der Waals surface area contributed by atoms with Crippen LogP contribution in [0.1, 0.15) is 7.43 Å². The zero-order valence-electron chi connectivity index (χ0n) is 2.20. The Morgan fingerprint density at radius 2 is 1.14 bits per heavy atom. The van der Waals surface area contributed by atoms with Gasteiger partial charge in [0.05, 0.1) is 0 Å². The Labute approximate surface area is 67.2 Å². The van der Waals surface area contributed by atoms with Crippen molar-refractivity contribution < 1.29 is 16.0 Å². The normalized spacial score (nSPS) is 8.43. The second kappa shape index (κ2) is 5.38. The van der Waals surface area contributed by atoms with Crippen molar-refractivity contribution >= 4 is 44.1 Å². The molecule has 6 heteroatoms. The van der Waals surface area contributed by atoms with Gasteiger partial charge < -0.3 is 0 Å². The Kier molecular flexibility index (Phi) is 12.1. The summed E-state index contributed by atoms with van der Waals surface area (Å²) in [7, 11) is 0. The molecule has 0 aromatic carbocycles. The van der Waals surface area contributed by atoms with Crippen LogP contribution in [0.25, 0.3) is 0 Å². The first-order valence-electron chi connectivity index (χ1n) is 0.783. The van der Waals surface area contributed by atoms with Crippen LogP contribution in [0.2, 0.25) is 0 Å². The third-order valence-corrected chi connectivity index (χ3v) is 0. The zero-order chi connectivity index (χ0) is 4.50. The van der Waals surface area contributed by atoms with Gasteiger partial charge in [0, 0.05) is 0 Å². The SMILES string of the molecule is C.O=[As](O)(O)O.[NaH]. The van der Waals surface area contributed by atoms with Crippen LogP contribution >= 0.6 is 0 Å². The Morgan fingerprint density at radius 1 is 1.14 bits per heavy atom. The Hall–Kier alpha value is 1.24. The fraction of sp³-hybridized carbons (Fsp3) is 1.00. The molecule has 0 unspecified atom stereocenters. The minimum atomic E-state index is -5.12. The standard InChI is InChI=1S/CH4.AsH3O4.Na.H/c;2-1(3,4)5;;/h1H4;(H3,2,3,4,5);;. The molecule has 0 saturated heterocycles. The van der Waals surface area contributed by atoms with Gasteiger partial charge in [0.25, 0.3) is 0 Å². The summed E-state index contributed by atoms with van der Waals surface area (Å²) in [6.07, 6.45) is 0. The van der Waals surface area contributed by atoms with Crippen LogP contribution < -0.4 is 0 Å². The molecule has 0 aliphatic carbocycles. The molecular formula is CH8AsNaO4. The van der Waals surface area contributed by atoms with E-state index in [0.29, 0.717) is 0 Å². The van der Waals surface area contributed by atoms with E-state index in [1.54, 1.807) is 0 Å². The van der Waals surface area contributed by atoms with E-state index in [4.69, 9.17) is 16.0 Å². The third kappa shape index (κ3) is 130. The van der Waals surface area contributed by atoms with E-state index in [9.17, 15) is 0 Å². The van der Waals surface area contributed by atoms with Gasteiger partial charge in [0.1, 0.15) is 0 Å². The van der Waals surface area contributed by atoms with Gasteiger partial charge in [-0.3, -0.25) is 0 Å². The van der Waals surface area contributed by atoms with E-state index in [1.807, 2.05) is 0 Å².